The van der Waals surface area contributed by atoms with Crippen molar-refractivity contribution < 1.29 is 37.6 Å². The Labute approximate surface area is 270 Å². The first-order valence-electron chi connectivity index (χ1n) is 16.0. The molecule has 11 heteroatoms. The number of urea groups is 1. The summed E-state index contributed by atoms with van der Waals surface area (Å²) < 4.78 is 36.0. The molecule has 0 bridgehead atoms. The van der Waals surface area contributed by atoms with Gasteiger partial charge in [-0.15, -0.1) is 0 Å². The number of phosphoric acid groups is 1. The van der Waals surface area contributed by atoms with Crippen molar-refractivity contribution in [1.82, 2.24) is 10.2 Å². The zero-order valence-electron chi connectivity index (χ0n) is 26.0. The largest absolute Gasteiger partial charge is 0.469 e. The van der Waals surface area contributed by atoms with E-state index in [1.165, 1.54) is 34.2 Å². The van der Waals surface area contributed by atoms with Gasteiger partial charge in [0.1, 0.15) is 18.0 Å². The first-order chi connectivity index (χ1) is 22.2. The number of aryl methyl sites for hydroxylation is 2. The van der Waals surface area contributed by atoms with E-state index < -0.39 is 44.3 Å². The van der Waals surface area contributed by atoms with Crippen LogP contribution in [-0.2, 0) is 37.9 Å². The Morgan fingerprint density at radius 1 is 0.891 bits per heavy atom. The van der Waals surface area contributed by atoms with Crippen molar-refractivity contribution in [2.75, 3.05) is 13.2 Å². The predicted molar refractivity (Wildman–Crippen MR) is 173 cm³/mol. The number of benzene rings is 3. The molecule has 9 nitrogen and oxygen atoms in total. The number of phosphoric ester groups is 1. The molecule has 0 unspecified atom stereocenters. The van der Waals surface area contributed by atoms with Crippen molar-refractivity contribution in [3.8, 4) is 0 Å². The zero-order valence-corrected chi connectivity index (χ0v) is 26.9. The van der Waals surface area contributed by atoms with Gasteiger partial charge >= 0.3 is 19.8 Å². The van der Waals surface area contributed by atoms with Crippen LogP contribution in [0, 0.1) is 5.82 Å². The SMILES string of the molecule is O=C(OC(CCCc1ccccc1)CCCc1ccccc1)[C@@H]1CCCCN1C(=O)N[C@@H](COP(=O)(O)O)Cc1cccc(F)c1. The Balaban J connectivity index is 1.40. The quantitative estimate of drug-likeness (QED) is 0.121. The van der Waals surface area contributed by atoms with E-state index in [0.717, 1.165) is 32.1 Å². The fourth-order valence-corrected chi connectivity index (χ4v) is 6.20. The van der Waals surface area contributed by atoms with Gasteiger partial charge in [0.25, 0.3) is 0 Å². The molecule has 3 aromatic carbocycles. The molecular weight excluding hydrogens is 610 g/mol. The standard InChI is InChI=1S/C35H44FN2O7P/c36-30-19-9-18-29(24-30)25-31(26-44-46(41,42)43)37-35(40)38-23-8-7-22-33(38)34(39)45-32(20-10-16-27-12-3-1-4-13-27)21-11-17-28-14-5-2-6-15-28/h1-6,9,12-15,18-19,24,31-33H,7-8,10-11,16-17,20-23,25-26H2,(H,37,40)(H2,41,42,43)/t31-,33+/m1/s1. The third kappa shape index (κ3) is 12.3. The van der Waals surface area contributed by atoms with Crippen LogP contribution in [0.2, 0.25) is 0 Å². The van der Waals surface area contributed by atoms with Crippen LogP contribution in [0.3, 0.4) is 0 Å². The van der Waals surface area contributed by atoms with Crippen LogP contribution in [0.5, 0.6) is 0 Å². The molecule has 248 valence electrons. The van der Waals surface area contributed by atoms with Crippen molar-refractivity contribution in [1.29, 1.82) is 0 Å². The molecule has 1 fully saturated rings. The molecule has 1 saturated heterocycles. The number of amides is 2. The van der Waals surface area contributed by atoms with E-state index in [1.807, 2.05) is 36.4 Å². The van der Waals surface area contributed by atoms with Crippen molar-refractivity contribution in [3.63, 3.8) is 0 Å². The van der Waals surface area contributed by atoms with Gasteiger partial charge in [0.2, 0.25) is 0 Å². The lowest BCUT2D eigenvalue weighted by Crippen LogP contribution is -2.55. The van der Waals surface area contributed by atoms with Gasteiger partial charge in [0, 0.05) is 6.54 Å². The topological polar surface area (TPSA) is 125 Å². The van der Waals surface area contributed by atoms with Crippen molar-refractivity contribution in [2.45, 2.75) is 82.4 Å². The number of halogens is 1. The summed E-state index contributed by atoms with van der Waals surface area (Å²) in [7, 11) is -4.82. The fraction of sp³-hybridized carbons (Fsp3) is 0.429. The van der Waals surface area contributed by atoms with Crippen LogP contribution in [0.4, 0.5) is 9.18 Å². The number of rotatable bonds is 16. The van der Waals surface area contributed by atoms with E-state index in [1.54, 1.807) is 6.07 Å². The maximum Gasteiger partial charge on any atom is 0.469 e. The molecule has 0 saturated carbocycles. The summed E-state index contributed by atoms with van der Waals surface area (Å²) in [6.07, 6.45) is 6.50. The summed E-state index contributed by atoms with van der Waals surface area (Å²) in [6.45, 7) is -0.176. The minimum Gasteiger partial charge on any atom is -0.461 e. The van der Waals surface area contributed by atoms with Gasteiger partial charge in [-0.3, -0.25) is 4.52 Å². The summed E-state index contributed by atoms with van der Waals surface area (Å²) in [4.78, 5) is 47.1. The summed E-state index contributed by atoms with van der Waals surface area (Å²) >= 11 is 0. The predicted octanol–water partition coefficient (Wildman–Crippen LogP) is 6.37. The summed E-state index contributed by atoms with van der Waals surface area (Å²) in [5.74, 6) is -0.924. The second kappa shape index (κ2) is 18.0. The first-order valence-corrected chi connectivity index (χ1v) is 17.5. The van der Waals surface area contributed by atoms with Crippen LogP contribution in [0.1, 0.15) is 61.6 Å². The number of hydrogen-bond donors (Lipinski definition) is 3. The van der Waals surface area contributed by atoms with Gasteiger partial charge in [0.05, 0.1) is 12.6 Å². The molecule has 2 amide bonds. The number of likely N-dealkylation sites (tertiary alicyclic amines) is 1. The Kier molecular flexibility index (Phi) is 13.8. The molecule has 1 aliphatic heterocycles. The molecular formula is C35H44FN2O7P. The minimum absolute atomic E-state index is 0.0668. The number of piperidine rings is 1. The molecule has 1 aliphatic rings. The van der Waals surface area contributed by atoms with Crippen molar-refractivity contribution in [3.05, 3.63) is 107 Å². The minimum atomic E-state index is -4.82. The lowest BCUT2D eigenvalue weighted by atomic mass is 10.00. The monoisotopic (exact) mass is 654 g/mol. The highest BCUT2D eigenvalue weighted by Gasteiger charge is 2.35. The number of carbonyl (C=O) groups is 2. The average molecular weight is 655 g/mol. The number of nitrogens with one attached hydrogen (secondary N) is 1. The molecule has 0 aliphatic carbocycles. The van der Waals surface area contributed by atoms with Crippen LogP contribution >= 0.6 is 7.82 Å². The van der Waals surface area contributed by atoms with Gasteiger partial charge in [-0.25, -0.2) is 18.5 Å². The summed E-state index contributed by atoms with van der Waals surface area (Å²) in [5, 5.41) is 2.76. The van der Waals surface area contributed by atoms with Gasteiger partial charge in [-0.05, 0) is 93.0 Å². The highest BCUT2D eigenvalue weighted by Crippen LogP contribution is 2.36. The van der Waals surface area contributed by atoms with E-state index in [2.05, 4.69) is 29.6 Å². The van der Waals surface area contributed by atoms with Crippen LogP contribution in [0.15, 0.2) is 84.9 Å². The molecule has 0 radical (unpaired) electrons. The van der Waals surface area contributed by atoms with Gasteiger partial charge < -0.3 is 24.7 Å². The first kappa shape index (κ1) is 35.3. The van der Waals surface area contributed by atoms with Crippen LogP contribution < -0.4 is 5.32 Å². The molecule has 0 spiro atoms. The second-order valence-corrected chi connectivity index (χ2v) is 13.0. The Morgan fingerprint density at radius 3 is 2.09 bits per heavy atom. The number of hydrogen-bond acceptors (Lipinski definition) is 5. The molecule has 1 heterocycles. The number of esters is 1. The molecule has 0 aromatic heterocycles. The Bertz CT molecular complexity index is 1380. The van der Waals surface area contributed by atoms with Gasteiger partial charge in [-0.2, -0.15) is 0 Å². The van der Waals surface area contributed by atoms with Gasteiger partial charge in [0.15, 0.2) is 0 Å². The zero-order chi connectivity index (χ0) is 32.8. The summed E-state index contributed by atoms with van der Waals surface area (Å²) in [5.41, 5.74) is 2.97. The fourth-order valence-electron chi connectivity index (χ4n) is 5.83. The lowest BCUT2D eigenvalue weighted by Gasteiger charge is -2.36. The Morgan fingerprint density at radius 2 is 1.50 bits per heavy atom. The Hall–Kier alpha value is -3.56. The third-order valence-corrected chi connectivity index (χ3v) is 8.62. The van der Waals surface area contributed by atoms with E-state index in [4.69, 9.17) is 9.26 Å². The second-order valence-electron chi connectivity index (χ2n) is 11.8. The third-order valence-electron chi connectivity index (χ3n) is 8.13. The van der Waals surface area contributed by atoms with E-state index in [9.17, 15) is 28.3 Å². The normalized spacial score (nSPS) is 15.8. The van der Waals surface area contributed by atoms with Crippen molar-refractivity contribution in [2.24, 2.45) is 0 Å². The highest BCUT2D eigenvalue weighted by molar-refractivity contribution is 7.46. The highest BCUT2D eigenvalue weighted by atomic mass is 31.2. The van der Waals surface area contributed by atoms with E-state index in [0.29, 0.717) is 37.8 Å². The maximum absolute atomic E-state index is 13.8. The van der Waals surface area contributed by atoms with E-state index in [-0.39, 0.29) is 12.5 Å². The summed E-state index contributed by atoms with van der Waals surface area (Å²) in [6, 6.07) is 23.8. The molecule has 46 heavy (non-hydrogen) atoms. The maximum atomic E-state index is 13.8. The number of ether oxygens (including phenoxy) is 1. The molecule has 3 aromatic rings. The smallest absolute Gasteiger partial charge is 0.461 e. The van der Waals surface area contributed by atoms with Crippen LogP contribution in [-0.4, -0.2) is 58.0 Å². The van der Waals surface area contributed by atoms with Crippen LogP contribution in [0.25, 0.3) is 0 Å². The number of carbonyl (C=O) groups excluding carboxylic acids is 2. The van der Waals surface area contributed by atoms with Crippen molar-refractivity contribution >= 4 is 19.8 Å². The van der Waals surface area contributed by atoms with E-state index >= 15 is 0 Å². The molecule has 4 rings (SSSR count). The van der Waals surface area contributed by atoms with Gasteiger partial charge in [-0.1, -0.05) is 72.8 Å². The lowest BCUT2D eigenvalue weighted by molar-refractivity contribution is -0.156. The number of nitrogens with zero attached hydrogens (tertiary/aromatic N) is 1. The average Bonchev–Trinajstić information content (AvgIpc) is 3.04. The molecule has 2 atom stereocenters. The molecule has 3 N–H and O–H groups in total.